The predicted octanol–water partition coefficient (Wildman–Crippen LogP) is 2.49. The lowest BCUT2D eigenvalue weighted by Gasteiger charge is -2.19. The monoisotopic (exact) mass is 313 g/mol. The molecular formula is C16H27NO3S. The third kappa shape index (κ3) is 7.07. The van der Waals surface area contributed by atoms with Gasteiger partial charge in [-0.2, -0.15) is 0 Å². The highest BCUT2D eigenvalue weighted by Gasteiger charge is 2.20. The number of nitrogens with one attached hydrogen (secondary N) is 1. The average Bonchev–Trinajstić information content (AvgIpc) is 2.44. The van der Waals surface area contributed by atoms with Crippen LogP contribution >= 0.6 is 0 Å². The summed E-state index contributed by atoms with van der Waals surface area (Å²) in [7, 11) is -1.50. The summed E-state index contributed by atoms with van der Waals surface area (Å²) in [6, 6.07) is 7.92. The molecule has 0 saturated carbocycles. The molecule has 0 bridgehead atoms. The van der Waals surface area contributed by atoms with Gasteiger partial charge in [-0.15, -0.1) is 0 Å². The molecule has 120 valence electrons. The number of hydrogen-bond donors (Lipinski definition) is 1. The molecule has 0 amide bonds. The Morgan fingerprint density at radius 3 is 2.48 bits per heavy atom. The summed E-state index contributed by atoms with van der Waals surface area (Å²) in [4.78, 5) is 0. The normalized spacial score (nSPS) is 13.3. The van der Waals surface area contributed by atoms with E-state index in [-0.39, 0.29) is 17.5 Å². The zero-order valence-corrected chi connectivity index (χ0v) is 14.1. The minimum absolute atomic E-state index is 0.139. The molecule has 1 N–H and O–H groups in total. The molecule has 0 aliphatic heterocycles. The maximum atomic E-state index is 12.2. The number of sulfone groups is 1. The second-order valence-electron chi connectivity index (χ2n) is 5.38. The van der Waals surface area contributed by atoms with Crippen LogP contribution in [0.2, 0.25) is 0 Å². The minimum atomic E-state index is -3.08. The van der Waals surface area contributed by atoms with E-state index in [1.165, 1.54) is 5.56 Å². The Kier molecular flexibility index (Phi) is 7.93. The molecular weight excluding hydrogens is 286 g/mol. The lowest BCUT2D eigenvalue weighted by atomic mass is 10.1. The van der Waals surface area contributed by atoms with Gasteiger partial charge in [0.15, 0.2) is 9.84 Å². The van der Waals surface area contributed by atoms with E-state index in [4.69, 9.17) is 4.74 Å². The standard InChI is InChI=1S/C16H27NO3S/c1-4-10-17-16(15-8-6-14(2)7-9-15)13-21(18,19)12-5-11-20-3/h6-9,16-17H,4-5,10-13H2,1-3H3. The molecule has 5 heteroatoms. The van der Waals surface area contributed by atoms with Gasteiger partial charge in [0.05, 0.1) is 11.5 Å². The van der Waals surface area contributed by atoms with Crippen LogP contribution in [-0.2, 0) is 14.6 Å². The van der Waals surface area contributed by atoms with Crippen molar-refractivity contribution in [2.45, 2.75) is 32.7 Å². The van der Waals surface area contributed by atoms with Crippen molar-refractivity contribution in [2.24, 2.45) is 0 Å². The van der Waals surface area contributed by atoms with E-state index in [1.54, 1.807) is 7.11 Å². The van der Waals surface area contributed by atoms with Crippen LogP contribution in [-0.4, -0.2) is 40.2 Å². The Morgan fingerprint density at radius 2 is 1.90 bits per heavy atom. The van der Waals surface area contributed by atoms with Gasteiger partial charge in [-0.05, 0) is 31.9 Å². The fraction of sp³-hybridized carbons (Fsp3) is 0.625. The fourth-order valence-corrected chi connectivity index (χ4v) is 3.69. The molecule has 0 heterocycles. The van der Waals surface area contributed by atoms with Gasteiger partial charge in [0.1, 0.15) is 0 Å². The van der Waals surface area contributed by atoms with E-state index in [9.17, 15) is 8.42 Å². The molecule has 1 rings (SSSR count). The van der Waals surface area contributed by atoms with E-state index in [1.807, 2.05) is 31.2 Å². The first kappa shape index (κ1) is 18.1. The van der Waals surface area contributed by atoms with E-state index in [0.29, 0.717) is 13.0 Å². The molecule has 0 aliphatic carbocycles. The van der Waals surface area contributed by atoms with E-state index in [2.05, 4.69) is 12.2 Å². The lowest BCUT2D eigenvalue weighted by Crippen LogP contribution is -2.30. The molecule has 1 unspecified atom stereocenters. The molecule has 1 aromatic rings. The van der Waals surface area contributed by atoms with Crippen LogP contribution < -0.4 is 5.32 Å². The van der Waals surface area contributed by atoms with Gasteiger partial charge in [0.25, 0.3) is 0 Å². The number of rotatable bonds is 10. The van der Waals surface area contributed by atoms with Gasteiger partial charge in [-0.3, -0.25) is 0 Å². The first-order chi connectivity index (χ1) is 9.98. The van der Waals surface area contributed by atoms with Crippen LogP contribution in [0.1, 0.15) is 36.9 Å². The van der Waals surface area contributed by atoms with Crippen molar-refractivity contribution in [3.05, 3.63) is 35.4 Å². The Labute approximate surface area is 128 Å². The minimum Gasteiger partial charge on any atom is -0.385 e. The molecule has 0 spiro atoms. The van der Waals surface area contributed by atoms with Crippen molar-refractivity contribution in [2.75, 3.05) is 31.8 Å². The summed E-state index contributed by atoms with van der Waals surface area (Å²) in [6.45, 7) is 5.40. The summed E-state index contributed by atoms with van der Waals surface area (Å²) in [6.07, 6.45) is 1.53. The first-order valence-electron chi connectivity index (χ1n) is 7.48. The van der Waals surface area contributed by atoms with Crippen LogP contribution in [0.5, 0.6) is 0 Å². The second-order valence-corrected chi connectivity index (χ2v) is 7.61. The average molecular weight is 313 g/mol. The summed E-state index contributed by atoms with van der Waals surface area (Å²) in [5, 5.41) is 3.34. The molecule has 1 aromatic carbocycles. The van der Waals surface area contributed by atoms with Crippen molar-refractivity contribution < 1.29 is 13.2 Å². The highest BCUT2D eigenvalue weighted by Crippen LogP contribution is 2.17. The fourth-order valence-electron chi connectivity index (χ4n) is 2.15. The summed E-state index contributed by atoms with van der Waals surface area (Å²) >= 11 is 0. The van der Waals surface area contributed by atoms with Crippen molar-refractivity contribution in [3.63, 3.8) is 0 Å². The van der Waals surface area contributed by atoms with E-state index in [0.717, 1.165) is 18.5 Å². The highest BCUT2D eigenvalue weighted by atomic mass is 32.2. The second kappa shape index (κ2) is 9.18. The largest absolute Gasteiger partial charge is 0.385 e. The summed E-state index contributed by atoms with van der Waals surface area (Å²) < 4.78 is 29.4. The Bertz CT molecular complexity index is 497. The topological polar surface area (TPSA) is 55.4 Å². The maximum absolute atomic E-state index is 12.2. The SMILES string of the molecule is CCCNC(CS(=O)(=O)CCCOC)c1ccc(C)cc1. The summed E-state index contributed by atoms with van der Waals surface area (Å²) in [5.74, 6) is 0.316. The van der Waals surface area contributed by atoms with Gasteiger partial charge in [-0.25, -0.2) is 8.42 Å². The lowest BCUT2D eigenvalue weighted by molar-refractivity contribution is 0.199. The predicted molar refractivity (Wildman–Crippen MR) is 87.4 cm³/mol. The van der Waals surface area contributed by atoms with Crippen LogP contribution in [0, 0.1) is 6.92 Å². The Balaban J connectivity index is 2.75. The smallest absolute Gasteiger partial charge is 0.152 e. The van der Waals surface area contributed by atoms with Crippen LogP contribution in [0.25, 0.3) is 0 Å². The van der Waals surface area contributed by atoms with Crippen molar-refractivity contribution in [1.29, 1.82) is 0 Å². The molecule has 0 aromatic heterocycles. The van der Waals surface area contributed by atoms with Crippen molar-refractivity contribution in [3.8, 4) is 0 Å². The van der Waals surface area contributed by atoms with Crippen LogP contribution in [0.3, 0.4) is 0 Å². The third-order valence-electron chi connectivity index (χ3n) is 3.34. The van der Waals surface area contributed by atoms with Gasteiger partial charge >= 0.3 is 0 Å². The summed E-state index contributed by atoms with van der Waals surface area (Å²) in [5.41, 5.74) is 2.21. The molecule has 21 heavy (non-hydrogen) atoms. The molecule has 0 aliphatic rings. The number of benzene rings is 1. The van der Waals surface area contributed by atoms with Gasteiger partial charge in [-0.1, -0.05) is 36.8 Å². The van der Waals surface area contributed by atoms with Gasteiger partial charge in [0.2, 0.25) is 0 Å². The zero-order chi connectivity index (χ0) is 15.7. The quantitative estimate of drug-likeness (QED) is 0.674. The molecule has 4 nitrogen and oxygen atoms in total. The Morgan fingerprint density at radius 1 is 1.24 bits per heavy atom. The molecule has 0 radical (unpaired) electrons. The first-order valence-corrected chi connectivity index (χ1v) is 9.30. The van der Waals surface area contributed by atoms with Crippen molar-refractivity contribution >= 4 is 9.84 Å². The van der Waals surface area contributed by atoms with Crippen molar-refractivity contribution in [1.82, 2.24) is 5.32 Å². The molecule has 0 fully saturated rings. The van der Waals surface area contributed by atoms with E-state index >= 15 is 0 Å². The zero-order valence-electron chi connectivity index (χ0n) is 13.3. The number of aryl methyl sites for hydroxylation is 1. The Hall–Kier alpha value is -0.910. The number of hydrogen-bond acceptors (Lipinski definition) is 4. The van der Waals surface area contributed by atoms with Gasteiger partial charge in [0, 0.05) is 19.8 Å². The number of methoxy groups -OCH3 is 1. The van der Waals surface area contributed by atoms with Gasteiger partial charge < -0.3 is 10.1 Å². The van der Waals surface area contributed by atoms with Crippen LogP contribution in [0.15, 0.2) is 24.3 Å². The van der Waals surface area contributed by atoms with Crippen LogP contribution in [0.4, 0.5) is 0 Å². The third-order valence-corrected chi connectivity index (χ3v) is 5.10. The van der Waals surface area contributed by atoms with E-state index < -0.39 is 9.84 Å². The molecule has 1 atom stereocenters. The maximum Gasteiger partial charge on any atom is 0.152 e. The number of ether oxygens (including phenoxy) is 1. The highest BCUT2D eigenvalue weighted by molar-refractivity contribution is 7.91. The molecule has 0 saturated heterocycles.